The van der Waals surface area contributed by atoms with Crippen molar-refractivity contribution in [3.05, 3.63) is 72.1 Å². The maximum Gasteiger partial charge on any atom is 0.0711 e. The van der Waals surface area contributed by atoms with Gasteiger partial charge in [0.05, 0.1) is 11.4 Å². The smallest absolute Gasteiger partial charge is 0.0711 e. The summed E-state index contributed by atoms with van der Waals surface area (Å²) >= 11 is 0. The third-order valence-corrected chi connectivity index (χ3v) is 3.37. The average molecular weight is 260 g/mol. The van der Waals surface area contributed by atoms with Gasteiger partial charge in [0.1, 0.15) is 0 Å². The van der Waals surface area contributed by atoms with Gasteiger partial charge in [-0.3, -0.25) is 9.97 Å². The van der Waals surface area contributed by atoms with E-state index < -0.39 is 0 Å². The minimum atomic E-state index is 0.988. The Morgan fingerprint density at radius 3 is 2.45 bits per heavy atom. The van der Waals surface area contributed by atoms with Crippen molar-refractivity contribution in [1.82, 2.24) is 9.97 Å². The fraction of sp³-hybridized carbons (Fsp3) is 0.111. The van der Waals surface area contributed by atoms with Crippen molar-refractivity contribution in [2.75, 3.05) is 0 Å². The zero-order chi connectivity index (χ0) is 13.9. The van der Waals surface area contributed by atoms with Crippen molar-refractivity contribution in [2.24, 2.45) is 0 Å². The normalized spacial score (nSPS) is 10.5. The molecule has 2 aromatic heterocycles. The number of hydrogen-bond acceptors (Lipinski definition) is 2. The highest BCUT2D eigenvalue weighted by Crippen LogP contribution is 2.25. The fourth-order valence-corrected chi connectivity index (χ4v) is 2.30. The number of aryl methyl sites for hydroxylation is 2. The van der Waals surface area contributed by atoms with Crippen molar-refractivity contribution in [3.63, 3.8) is 0 Å². The van der Waals surface area contributed by atoms with Crippen LogP contribution in [0.4, 0.5) is 0 Å². The van der Waals surface area contributed by atoms with E-state index in [0.29, 0.717) is 0 Å². The van der Waals surface area contributed by atoms with Gasteiger partial charge in [0.2, 0.25) is 0 Å². The molecule has 2 heterocycles. The molecule has 98 valence electrons. The molecule has 1 aromatic carbocycles. The second-order valence-corrected chi connectivity index (χ2v) is 4.91. The van der Waals surface area contributed by atoms with Gasteiger partial charge in [0.15, 0.2) is 0 Å². The highest BCUT2D eigenvalue weighted by atomic mass is 14.7. The van der Waals surface area contributed by atoms with Crippen LogP contribution >= 0.6 is 0 Å². The maximum atomic E-state index is 4.57. The lowest BCUT2D eigenvalue weighted by Gasteiger charge is -2.07. The Morgan fingerprint density at radius 2 is 1.65 bits per heavy atom. The minimum Gasteiger partial charge on any atom is -0.256 e. The molecule has 2 heteroatoms. The summed E-state index contributed by atoms with van der Waals surface area (Å²) in [5.41, 5.74) is 6.50. The summed E-state index contributed by atoms with van der Waals surface area (Å²) in [6.45, 7) is 4.11. The first-order valence-electron chi connectivity index (χ1n) is 6.70. The van der Waals surface area contributed by atoms with Crippen LogP contribution in [0, 0.1) is 13.8 Å². The molecule has 0 N–H and O–H groups in total. The van der Waals surface area contributed by atoms with Gasteiger partial charge >= 0.3 is 0 Å². The molecule has 3 rings (SSSR count). The summed E-state index contributed by atoms with van der Waals surface area (Å²) < 4.78 is 0. The Bertz CT molecular complexity index is 748. The summed E-state index contributed by atoms with van der Waals surface area (Å²) in [7, 11) is 0. The predicted octanol–water partition coefficient (Wildman–Crippen LogP) is 4.43. The molecule has 0 fully saturated rings. The van der Waals surface area contributed by atoms with Crippen LogP contribution in [0.3, 0.4) is 0 Å². The van der Waals surface area contributed by atoms with E-state index in [1.54, 1.807) is 0 Å². The molecular formula is C18H16N2. The van der Waals surface area contributed by atoms with Crippen LogP contribution in [-0.4, -0.2) is 9.97 Å². The van der Waals surface area contributed by atoms with Gasteiger partial charge in [-0.15, -0.1) is 0 Å². The lowest BCUT2D eigenvalue weighted by Crippen LogP contribution is -1.90. The SMILES string of the molecule is Cc1cccc(-c2ccnc(-c3ccccc3C)c2)n1. The van der Waals surface area contributed by atoms with Crippen molar-refractivity contribution in [3.8, 4) is 22.5 Å². The van der Waals surface area contributed by atoms with Crippen molar-refractivity contribution < 1.29 is 0 Å². The van der Waals surface area contributed by atoms with Crippen LogP contribution < -0.4 is 0 Å². The number of rotatable bonds is 2. The molecule has 0 amide bonds. The molecule has 2 nitrogen and oxygen atoms in total. The number of benzene rings is 1. The molecular weight excluding hydrogens is 244 g/mol. The van der Waals surface area contributed by atoms with E-state index >= 15 is 0 Å². The lowest BCUT2D eigenvalue weighted by atomic mass is 10.0. The van der Waals surface area contributed by atoms with E-state index in [1.165, 1.54) is 11.1 Å². The predicted molar refractivity (Wildman–Crippen MR) is 82.4 cm³/mol. The summed E-state index contributed by atoms with van der Waals surface area (Å²) in [6, 6.07) is 18.5. The van der Waals surface area contributed by atoms with Crippen LogP contribution in [0.15, 0.2) is 60.8 Å². The summed E-state index contributed by atoms with van der Waals surface area (Å²) in [6.07, 6.45) is 1.85. The number of hydrogen-bond donors (Lipinski definition) is 0. The first kappa shape index (κ1) is 12.5. The average Bonchev–Trinajstić information content (AvgIpc) is 2.48. The van der Waals surface area contributed by atoms with E-state index in [0.717, 1.165) is 22.6 Å². The zero-order valence-electron chi connectivity index (χ0n) is 11.7. The lowest BCUT2D eigenvalue weighted by molar-refractivity contribution is 1.20. The van der Waals surface area contributed by atoms with E-state index in [2.05, 4.69) is 35.1 Å². The second-order valence-electron chi connectivity index (χ2n) is 4.91. The summed E-state index contributed by atoms with van der Waals surface area (Å²) in [5.74, 6) is 0. The monoisotopic (exact) mass is 260 g/mol. The van der Waals surface area contributed by atoms with Crippen LogP contribution in [0.2, 0.25) is 0 Å². The van der Waals surface area contributed by atoms with Crippen molar-refractivity contribution in [2.45, 2.75) is 13.8 Å². The maximum absolute atomic E-state index is 4.57. The molecule has 0 aliphatic rings. The van der Waals surface area contributed by atoms with Gasteiger partial charge < -0.3 is 0 Å². The Labute approximate surface area is 119 Å². The molecule has 20 heavy (non-hydrogen) atoms. The second kappa shape index (κ2) is 5.25. The third-order valence-electron chi connectivity index (χ3n) is 3.37. The number of pyridine rings is 2. The highest BCUT2D eigenvalue weighted by Gasteiger charge is 2.05. The highest BCUT2D eigenvalue weighted by molar-refractivity contribution is 5.70. The number of nitrogens with zero attached hydrogens (tertiary/aromatic N) is 2. The topological polar surface area (TPSA) is 25.8 Å². The van der Waals surface area contributed by atoms with E-state index in [9.17, 15) is 0 Å². The molecule has 0 aliphatic carbocycles. The quantitative estimate of drug-likeness (QED) is 0.681. The van der Waals surface area contributed by atoms with Gasteiger partial charge in [-0.05, 0) is 43.7 Å². The van der Waals surface area contributed by atoms with Gasteiger partial charge in [0, 0.05) is 23.0 Å². The van der Waals surface area contributed by atoms with Crippen molar-refractivity contribution >= 4 is 0 Å². The fourth-order valence-electron chi connectivity index (χ4n) is 2.30. The van der Waals surface area contributed by atoms with Crippen LogP contribution in [0.5, 0.6) is 0 Å². The van der Waals surface area contributed by atoms with Gasteiger partial charge in [0.25, 0.3) is 0 Å². The van der Waals surface area contributed by atoms with Gasteiger partial charge in [-0.2, -0.15) is 0 Å². The molecule has 0 saturated heterocycles. The van der Waals surface area contributed by atoms with Crippen LogP contribution in [-0.2, 0) is 0 Å². The Balaban J connectivity index is 2.09. The van der Waals surface area contributed by atoms with Gasteiger partial charge in [-0.1, -0.05) is 30.3 Å². The molecule has 3 aromatic rings. The standard InChI is InChI=1S/C18H16N2/c1-13-6-3-4-8-16(13)18-12-15(10-11-19-18)17-9-5-7-14(2)20-17/h3-12H,1-2H3. The Hall–Kier alpha value is -2.48. The zero-order valence-corrected chi connectivity index (χ0v) is 11.7. The number of aromatic nitrogens is 2. The summed E-state index contributed by atoms with van der Waals surface area (Å²) in [4.78, 5) is 9.06. The van der Waals surface area contributed by atoms with E-state index in [4.69, 9.17) is 0 Å². The molecule has 0 bridgehead atoms. The van der Waals surface area contributed by atoms with Gasteiger partial charge in [-0.25, -0.2) is 0 Å². The Kier molecular flexibility index (Phi) is 3.30. The van der Waals surface area contributed by atoms with E-state index in [1.807, 2.05) is 49.5 Å². The Morgan fingerprint density at radius 1 is 0.800 bits per heavy atom. The first-order chi connectivity index (χ1) is 9.74. The molecule has 0 radical (unpaired) electrons. The van der Waals surface area contributed by atoms with Crippen molar-refractivity contribution in [1.29, 1.82) is 0 Å². The summed E-state index contributed by atoms with van der Waals surface area (Å²) in [5, 5.41) is 0. The molecule has 0 atom stereocenters. The minimum absolute atomic E-state index is 0.988. The van der Waals surface area contributed by atoms with Crippen LogP contribution in [0.25, 0.3) is 22.5 Å². The van der Waals surface area contributed by atoms with E-state index in [-0.39, 0.29) is 0 Å². The first-order valence-corrected chi connectivity index (χ1v) is 6.70. The molecule has 0 saturated carbocycles. The molecule has 0 unspecified atom stereocenters. The third kappa shape index (κ3) is 2.45. The van der Waals surface area contributed by atoms with Crippen LogP contribution in [0.1, 0.15) is 11.3 Å². The largest absolute Gasteiger partial charge is 0.256 e. The molecule has 0 aliphatic heterocycles. The molecule has 0 spiro atoms.